The first-order valence-electron chi connectivity index (χ1n) is 8.46. The lowest BCUT2D eigenvalue weighted by Gasteiger charge is -2.54. The van der Waals surface area contributed by atoms with Gasteiger partial charge in [-0.3, -0.25) is 0 Å². The average molecular weight is 272 g/mol. The van der Waals surface area contributed by atoms with Crippen molar-refractivity contribution in [3.63, 3.8) is 0 Å². The minimum atomic E-state index is 0.363. The molecule has 108 valence electrons. The fraction of sp³-hybridized carbons (Fsp3) is 0.875. The van der Waals surface area contributed by atoms with E-state index in [0.717, 1.165) is 36.8 Å². The molecular weight excluding hydrogens is 248 g/mol. The van der Waals surface area contributed by atoms with Gasteiger partial charge in [0.25, 0.3) is 0 Å². The molecule has 4 bridgehead atoms. The zero-order chi connectivity index (χ0) is 13.3. The molecule has 0 amide bonds. The van der Waals surface area contributed by atoms with Crippen molar-refractivity contribution in [3.05, 3.63) is 11.6 Å². The molecule has 4 heteroatoms. The van der Waals surface area contributed by atoms with Crippen LogP contribution in [-0.4, -0.2) is 21.3 Å². The summed E-state index contributed by atoms with van der Waals surface area (Å²) in [6.45, 7) is 4.33. The van der Waals surface area contributed by atoms with Crippen molar-refractivity contribution >= 4 is 0 Å². The average Bonchev–Trinajstić information content (AvgIpc) is 2.83. The van der Waals surface area contributed by atoms with E-state index in [2.05, 4.69) is 27.0 Å². The fourth-order valence-corrected chi connectivity index (χ4v) is 5.95. The molecule has 4 nitrogen and oxygen atoms in total. The second kappa shape index (κ2) is 4.06. The van der Waals surface area contributed by atoms with E-state index in [9.17, 15) is 0 Å². The molecule has 1 N–H and O–H groups in total. The van der Waals surface area contributed by atoms with Gasteiger partial charge in [-0.2, -0.15) is 0 Å². The zero-order valence-electron chi connectivity index (χ0n) is 12.3. The summed E-state index contributed by atoms with van der Waals surface area (Å²) in [5.41, 5.74) is 0. The summed E-state index contributed by atoms with van der Waals surface area (Å²) in [7, 11) is 0. The van der Waals surface area contributed by atoms with Crippen LogP contribution >= 0.6 is 0 Å². The highest BCUT2D eigenvalue weighted by molar-refractivity contribution is 5.14. The molecule has 4 saturated carbocycles. The van der Waals surface area contributed by atoms with E-state index in [1.807, 2.05) is 0 Å². The van der Waals surface area contributed by atoms with Gasteiger partial charge in [0.1, 0.15) is 11.6 Å². The first-order valence-corrected chi connectivity index (χ1v) is 8.46. The molecule has 1 aromatic rings. The molecule has 0 aromatic carbocycles. The number of nitrogens with zero attached hydrogens (tertiary/aromatic N) is 3. The molecule has 0 spiro atoms. The Bertz CT molecular complexity index is 507. The summed E-state index contributed by atoms with van der Waals surface area (Å²) in [5.74, 6) is 7.11. The normalized spacial score (nSPS) is 45.6. The summed E-state index contributed by atoms with van der Waals surface area (Å²) < 4.78 is 2.45. The molecule has 20 heavy (non-hydrogen) atoms. The molecule has 4 fully saturated rings. The van der Waals surface area contributed by atoms with E-state index in [-0.39, 0.29) is 0 Å². The van der Waals surface area contributed by atoms with Crippen LogP contribution in [0.5, 0.6) is 0 Å². The third-order valence-electron chi connectivity index (χ3n) is 6.51. The highest BCUT2D eigenvalue weighted by atomic mass is 15.3. The molecule has 0 radical (unpaired) electrons. The van der Waals surface area contributed by atoms with Gasteiger partial charge in [-0.15, -0.1) is 10.2 Å². The van der Waals surface area contributed by atoms with Crippen molar-refractivity contribution in [1.29, 1.82) is 0 Å². The van der Waals surface area contributed by atoms with Crippen LogP contribution in [0, 0.1) is 23.7 Å². The van der Waals surface area contributed by atoms with Gasteiger partial charge in [0.2, 0.25) is 0 Å². The van der Waals surface area contributed by atoms with E-state index >= 15 is 0 Å². The summed E-state index contributed by atoms with van der Waals surface area (Å²) in [5, 5.41) is 12.7. The van der Waals surface area contributed by atoms with Gasteiger partial charge >= 0.3 is 0 Å². The molecule has 6 rings (SSSR count). The number of fused-ring (bicyclic) bond motifs is 1. The molecular formula is C16H24N4. The zero-order valence-corrected chi connectivity index (χ0v) is 12.3. The van der Waals surface area contributed by atoms with Gasteiger partial charge in [0.05, 0.1) is 6.04 Å². The second-order valence-corrected chi connectivity index (χ2v) is 7.70. The molecule has 1 unspecified atom stereocenters. The minimum Gasteiger partial charge on any atom is -0.312 e. The Balaban J connectivity index is 1.54. The SMILES string of the molecule is CC1NCCn2c1nnc2C1C2CC3CC(C2)CC1C3. The molecule has 1 aliphatic heterocycles. The second-order valence-electron chi connectivity index (χ2n) is 7.70. The third kappa shape index (κ3) is 1.51. The van der Waals surface area contributed by atoms with E-state index in [0.29, 0.717) is 12.0 Å². The predicted octanol–water partition coefficient (Wildman–Crippen LogP) is 2.48. The Kier molecular flexibility index (Phi) is 2.38. The molecule has 4 aliphatic carbocycles. The fourth-order valence-electron chi connectivity index (χ4n) is 5.95. The minimum absolute atomic E-state index is 0.363. The largest absolute Gasteiger partial charge is 0.312 e. The standard InChI is InChI=1S/C16H24N4/c1-9-15-18-19-16(20(15)3-2-17-9)14-12-5-10-4-11(7-12)8-13(14)6-10/h9-14,17H,2-8H2,1H3. The molecule has 2 heterocycles. The van der Waals surface area contributed by atoms with Crippen LogP contribution in [0.3, 0.4) is 0 Å². The molecule has 1 aromatic heterocycles. The lowest BCUT2D eigenvalue weighted by atomic mass is 9.51. The smallest absolute Gasteiger partial charge is 0.149 e. The molecule has 1 atom stereocenters. The quantitative estimate of drug-likeness (QED) is 0.854. The topological polar surface area (TPSA) is 42.7 Å². The maximum absolute atomic E-state index is 4.67. The Hall–Kier alpha value is -0.900. The van der Waals surface area contributed by atoms with Gasteiger partial charge in [-0.05, 0) is 62.7 Å². The van der Waals surface area contributed by atoms with Crippen molar-refractivity contribution in [2.75, 3.05) is 6.54 Å². The number of hydrogen-bond donors (Lipinski definition) is 1. The number of rotatable bonds is 1. The summed E-state index contributed by atoms with van der Waals surface area (Å²) in [6, 6.07) is 0.363. The van der Waals surface area contributed by atoms with Crippen molar-refractivity contribution < 1.29 is 0 Å². The van der Waals surface area contributed by atoms with Gasteiger partial charge in [-0.1, -0.05) is 0 Å². The number of hydrogen-bond acceptors (Lipinski definition) is 3. The van der Waals surface area contributed by atoms with Crippen LogP contribution in [0.4, 0.5) is 0 Å². The van der Waals surface area contributed by atoms with E-state index in [4.69, 9.17) is 0 Å². The van der Waals surface area contributed by atoms with Crippen molar-refractivity contribution in [1.82, 2.24) is 20.1 Å². The molecule has 0 saturated heterocycles. The lowest BCUT2D eigenvalue weighted by molar-refractivity contribution is -0.00706. The van der Waals surface area contributed by atoms with Crippen LogP contribution < -0.4 is 5.32 Å². The predicted molar refractivity (Wildman–Crippen MR) is 76.2 cm³/mol. The van der Waals surface area contributed by atoms with Crippen LogP contribution in [-0.2, 0) is 6.54 Å². The Morgan fingerprint density at radius 2 is 1.60 bits per heavy atom. The van der Waals surface area contributed by atoms with Crippen molar-refractivity contribution in [2.24, 2.45) is 23.7 Å². The highest BCUT2D eigenvalue weighted by Crippen LogP contribution is 2.59. The lowest BCUT2D eigenvalue weighted by Crippen LogP contribution is -2.45. The van der Waals surface area contributed by atoms with Crippen molar-refractivity contribution in [3.8, 4) is 0 Å². The van der Waals surface area contributed by atoms with Crippen LogP contribution in [0.25, 0.3) is 0 Å². The van der Waals surface area contributed by atoms with E-state index in [1.54, 1.807) is 0 Å². The van der Waals surface area contributed by atoms with Crippen molar-refractivity contribution in [2.45, 2.75) is 57.5 Å². The van der Waals surface area contributed by atoms with Gasteiger partial charge in [-0.25, -0.2) is 0 Å². The third-order valence-corrected chi connectivity index (χ3v) is 6.51. The van der Waals surface area contributed by atoms with Gasteiger partial charge in [0, 0.05) is 19.0 Å². The number of aromatic nitrogens is 3. The first kappa shape index (κ1) is 11.7. The van der Waals surface area contributed by atoms with Crippen LogP contribution in [0.2, 0.25) is 0 Å². The summed E-state index contributed by atoms with van der Waals surface area (Å²) >= 11 is 0. The summed E-state index contributed by atoms with van der Waals surface area (Å²) in [6.07, 6.45) is 7.39. The maximum atomic E-state index is 4.67. The summed E-state index contributed by atoms with van der Waals surface area (Å²) in [4.78, 5) is 0. The Morgan fingerprint density at radius 1 is 0.950 bits per heavy atom. The van der Waals surface area contributed by atoms with Crippen LogP contribution in [0.15, 0.2) is 0 Å². The highest BCUT2D eigenvalue weighted by Gasteiger charge is 2.50. The van der Waals surface area contributed by atoms with E-state index in [1.165, 1.54) is 43.8 Å². The van der Waals surface area contributed by atoms with Gasteiger partial charge in [0.15, 0.2) is 0 Å². The molecule has 5 aliphatic rings. The Morgan fingerprint density at radius 3 is 2.30 bits per heavy atom. The Labute approximate surface area is 120 Å². The van der Waals surface area contributed by atoms with Gasteiger partial charge < -0.3 is 9.88 Å². The first-order chi connectivity index (χ1) is 9.79. The van der Waals surface area contributed by atoms with E-state index < -0.39 is 0 Å². The maximum Gasteiger partial charge on any atom is 0.149 e. The monoisotopic (exact) mass is 272 g/mol. The van der Waals surface area contributed by atoms with Crippen LogP contribution in [0.1, 0.15) is 62.6 Å². The number of nitrogens with one attached hydrogen (secondary N) is 1.